The molecule has 0 radical (unpaired) electrons. The number of carbonyl (C=O) groups excluding carboxylic acids is 2. The third kappa shape index (κ3) is 1.81. The predicted molar refractivity (Wildman–Crippen MR) is 62.5 cm³/mol. The van der Waals surface area contributed by atoms with E-state index in [1.54, 1.807) is 20.8 Å². The molecular weight excluding hydrogens is 236 g/mol. The highest BCUT2D eigenvalue weighted by Gasteiger charge is 2.40. The number of esters is 2. The SMILES string of the molecule is CCOC(=O)c1cc(O)c2c(c1)C(C)(C)OC2=O. The summed E-state index contributed by atoms with van der Waals surface area (Å²) in [6.07, 6.45) is 0. The molecule has 1 aliphatic heterocycles. The van der Waals surface area contributed by atoms with Crippen LogP contribution in [-0.4, -0.2) is 23.7 Å². The van der Waals surface area contributed by atoms with Crippen LogP contribution in [-0.2, 0) is 15.1 Å². The fourth-order valence-corrected chi connectivity index (χ4v) is 1.99. The molecule has 5 heteroatoms. The van der Waals surface area contributed by atoms with Crippen molar-refractivity contribution in [3.05, 3.63) is 28.8 Å². The van der Waals surface area contributed by atoms with Crippen LogP contribution in [0.25, 0.3) is 0 Å². The van der Waals surface area contributed by atoms with Gasteiger partial charge in [-0.1, -0.05) is 0 Å². The minimum absolute atomic E-state index is 0.119. The molecule has 0 bridgehead atoms. The van der Waals surface area contributed by atoms with E-state index in [9.17, 15) is 14.7 Å². The molecule has 0 spiro atoms. The number of cyclic esters (lactones) is 1. The molecule has 0 aromatic heterocycles. The molecule has 1 aliphatic rings. The fraction of sp³-hybridized carbons (Fsp3) is 0.385. The first-order valence-electron chi connectivity index (χ1n) is 5.64. The smallest absolute Gasteiger partial charge is 0.343 e. The summed E-state index contributed by atoms with van der Waals surface area (Å²) >= 11 is 0. The van der Waals surface area contributed by atoms with Crippen LogP contribution in [0.3, 0.4) is 0 Å². The number of fused-ring (bicyclic) bond motifs is 1. The molecule has 0 unspecified atom stereocenters. The van der Waals surface area contributed by atoms with Crippen molar-refractivity contribution in [3.8, 4) is 5.75 Å². The lowest BCUT2D eigenvalue weighted by molar-refractivity contribution is 0.00947. The summed E-state index contributed by atoms with van der Waals surface area (Å²) in [7, 11) is 0. The van der Waals surface area contributed by atoms with Crippen LogP contribution in [0, 0.1) is 0 Å². The van der Waals surface area contributed by atoms with Crippen molar-refractivity contribution in [2.24, 2.45) is 0 Å². The predicted octanol–water partition coefficient (Wildman–Crippen LogP) is 1.97. The van der Waals surface area contributed by atoms with Crippen LogP contribution in [0.5, 0.6) is 5.75 Å². The molecule has 1 N–H and O–H groups in total. The fourth-order valence-electron chi connectivity index (χ4n) is 1.99. The van der Waals surface area contributed by atoms with Gasteiger partial charge in [0.1, 0.15) is 16.9 Å². The Hall–Kier alpha value is -2.04. The highest BCUT2D eigenvalue weighted by molar-refractivity contribution is 6.00. The van der Waals surface area contributed by atoms with Gasteiger partial charge in [-0.05, 0) is 32.9 Å². The monoisotopic (exact) mass is 250 g/mol. The van der Waals surface area contributed by atoms with Gasteiger partial charge in [0.15, 0.2) is 0 Å². The Morgan fingerprint density at radius 2 is 2.11 bits per heavy atom. The van der Waals surface area contributed by atoms with Gasteiger partial charge in [0.2, 0.25) is 0 Å². The number of carbonyl (C=O) groups is 2. The van der Waals surface area contributed by atoms with Gasteiger partial charge < -0.3 is 14.6 Å². The van der Waals surface area contributed by atoms with Gasteiger partial charge in [0, 0.05) is 5.56 Å². The van der Waals surface area contributed by atoms with Gasteiger partial charge in [-0.15, -0.1) is 0 Å². The van der Waals surface area contributed by atoms with E-state index >= 15 is 0 Å². The standard InChI is InChI=1S/C13H14O5/c1-4-17-11(15)7-5-8-10(9(14)6-7)12(16)18-13(8,2)3/h5-6,14H,4H2,1-3H3. The van der Waals surface area contributed by atoms with Gasteiger partial charge >= 0.3 is 11.9 Å². The summed E-state index contributed by atoms with van der Waals surface area (Å²) in [5.74, 6) is -1.38. The third-order valence-corrected chi connectivity index (χ3v) is 2.83. The lowest BCUT2D eigenvalue weighted by atomic mass is 9.93. The van der Waals surface area contributed by atoms with Gasteiger partial charge in [-0.3, -0.25) is 0 Å². The Labute approximate surface area is 104 Å². The topological polar surface area (TPSA) is 72.8 Å². The van der Waals surface area contributed by atoms with Crippen molar-refractivity contribution in [2.75, 3.05) is 6.61 Å². The molecule has 5 nitrogen and oxygen atoms in total. The van der Waals surface area contributed by atoms with E-state index in [0.717, 1.165) is 0 Å². The minimum atomic E-state index is -0.855. The Bertz CT molecular complexity index is 530. The van der Waals surface area contributed by atoms with E-state index in [4.69, 9.17) is 9.47 Å². The van der Waals surface area contributed by atoms with Crippen LogP contribution in [0.15, 0.2) is 12.1 Å². The molecule has 0 saturated heterocycles. The molecule has 0 fully saturated rings. The van der Waals surface area contributed by atoms with Crippen molar-refractivity contribution in [1.29, 1.82) is 0 Å². The minimum Gasteiger partial charge on any atom is -0.507 e. The lowest BCUT2D eigenvalue weighted by Gasteiger charge is -2.17. The van der Waals surface area contributed by atoms with Crippen LogP contribution in [0.2, 0.25) is 0 Å². The van der Waals surface area contributed by atoms with Gasteiger partial charge in [-0.2, -0.15) is 0 Å². The quantitative estimate of drug-likeness (QED) is 0.812. The normalized spacial score (nSPS) is 16.1. The van der Waals surface area contributed by atoms with E-state index in [1.807, 2.05) is 0 Å². The lowest BCUT2D eigenvalue weighted by Crippen LogP contribution is -2.16. The van der Waals surface area contributed by atoms with E-state index in [1.165, 1.54) is 12.1 Å². The summed E-state index contributed by atoms with van der Waals surface area (Å²) in [5.41, 5.74) is -0.0325. The molecule has 2 rings (SSSR count). The van der Waals surface area contributed by atoms with Gasteiger partial charge in [0.05, 0.1) is 12.2 Å². The zero-order valence-electron chi connectivity index (χ0n) is 10.4. The Kier molecular flexibility index (Phi) is 2.77. The molecule has 96 valence electrons. The second-order valence-electron chi connectivity index (χ2n) is 4.54. The second kappa shape index (κ2) is 4.01. The summed E-state index contributed by atoms with van der Waals surface area (Å²) in [5, 5.41) is 9.82. The van der Waals surface area contributed by atoms with E-state index in [-0.39, 0.29) is 23.5 Å². The first-order chi connectivity index (χ1) is 8.36. The summed E-state index contributed by atoms with van der Waals surface area (Å²) < 4.78 is 10.0. The Morgan fingerprint density at radius 1 is 1.44 bits per heavy atom. The number of phenolic OH excluding ortho intramolecular Hbond substituents is 1. The van der Waals surface area contributed by atoms with Crippen LogP contribution in [0.1, 0.15) is 47.1 Å². The number of benzene rings is 1. The van der Waals surface area contributed by atoms with Crippen molar-refractivity contribution in [3.63, 3.8) is 0 Å². The van der Waals surface area contributed by atoms with E-state index in [0.29, 0.717) is 5.56 Å². The van der Waals surface area contributed by atoms with Crippen molar-refractivity contribution in [2.45, 2.75) is 26.4 Å². The third-order valence-electron chi connectivity index (χ3n) is 2.83. The largest absolute Gasteiger partial charge is 0.507 e. The summed E-state index contributed by atoms with van der Waals surface area (Å²) in [6.45, 7) is 5.34. The molecule has 0 atom stereocenters. The maximum atomic E-state index is 11.6. The average Bonchev–Trinajstić information content (AvgIpc) is 2.49. The van der Waals surface area contributed by atoms with Crippen molar-refractivity contribution in [1.82, 2.24) is 0 Å². The summed E-state index contributed by atoms with van der Waals surface area (Å²) in [4.78, 5) is 23.2. The number of hydrogen-bond acceptors (Lipinski definition) is 5. The number of ether oxygens (including phenoxy) is 2. The van der Waals surface area contributed by atoms with Crippen LogP contribution < -0.4 is 0 Å². The molecule has 1 aromatic carbocycles. The molecule has 0 amide bonds. The van der Waals surface area contributed by atoms with E-state index in [2.05, 4.69) is 0 Å². The van der Waals surface area contributed by atoms with Crippen LogP contribution in [0.4, 0.5) is 0 Å². The second-order valence-corrected chi connectivity index (χ2v) is 4.54. The highest BCUT2D eigenvalue weighted by Crippen LogP contribution is 2.40. The molecule has 0 aliphatic carbocycles. The first kappa shape index (κ1) is 12.4. The molecule has 18 heavy (non-hydrogen) atoms. The zero-order valence-corrected chi connectivity index (χ0v) is 10.4. The molecule has 1 aromatic rings. The van der Waals surface area contributed by atoms with Gasteiger partial charge in [-0.25, -0.2) is 9.59 Å². The molecular formula is C13H14O5. The highest BCUT2D eigenvalue weighted by atomic mass is 16.6. The van der Waals surface area contributed by atoms with Crippen molar-refractivity contribution >= 4 is 11.9 Å². The van der Waals surface area contributed by atoms with Crippen molar-refractivity contribution < 1.29 is 24.2 Å². The Balaban J connectivity index is 2.55. The first-order valence-corrected chi connectivity index (χ1v) is 5.64. The average molecular weight is 250 g/mol. The Morgan fingerprint density at radius 3 is 2.72 bits per heavy atom. The van der Waals surface area contributed by atoms with Crippen LogP contribution >= 0.6 is 0 Å². The number of rotatable bonds is 2. The maximum Gasteiger partial charge on any atom is 0.343 e. The van der Waals surface area contributed by atoms with Gasteiger partial charge in [0.25, 0.3) is 0 Å². The summed E-state index contributed by atoms with van der Waals surface area (Å²) in [6, 6.07) is 2.75. The zero-order chi connectivity index (χ0) is 13.5. The molecule has 0 saturated carbocycles. The van der Waals surface area contributed by atoms with E-state index < -0.39 is 17.5 Å². The number of hydrogen-bond donors (Lipinski definition) is 1. The maximum absolute atomic E-state index is 11.6. The number of phenols is 1. The number of aromatic hydroxyl groups is 1. The molecule has 1 heterocycles.